The summed E-state index contributed by atoms with van der Waals surface area (Å²) in [5.41, 5.74) is 0.621. The lowest BCUT2D eigenvalue weighted by Crippen LogP contribution is -2.53. The first-order chi connectivity index (χ1) is 14.3. The van der Waals surface area contributed by atoms with Crippen LogP contribution in [0, 0.1) is 0 Å². The molecule has 162 valence electrons. The second-order valence-electron chi connectivity index (χ2n) is 9.75. The fraction of sp³-hybridized carbons (Fsp3) is 0.500. The molecule has 1 fully saturated rings. The largest absolute Gasteiger partial charge is 0.378 e. The quantitative estimate of drug-likeness (QED) is 0.544. The molecule has 1 aliphatic rings. The third kappa shape index (κ3) is 4.55. The van der Waals surface area contributed by atoms with Crippen LogP contribution >= 0.6 is 0 Å². The summed E-state index contributed by atoms with van der Waals surface area (Å²) in [6.07, 6.45) is 4.91. The standard InChI is InChI=1S/C26H37NO2Si/c1-5-6-18-23(30(2,3)4)25(28)27-20-13-19-24(27)26(29,21-14-9-7-10-15-21)22-16-11-8-12-17-22/h7-12,14-17,23-24,29H,5-6,13,18-20H2,1-4H3/t23-,24-/m0/s1. The van der Waals surface area contributed by atoms with Crippen molar-refractivity contribution in [1.29, 1.82) is 0 Å². The number of amides is 1. The molecule has 2 aromatic rings. The molecule has 0 aliphatic carbocycles. The van der Waals surface area contributed by atoms with Crippen LogP contribution in [-0.2, 0) is 10.4 Å². The van der Waals surface area contributed by atoms with Gasteiger partial charge in [-0.05, 0) is 30.4 Å². The van der Waals surface area contributed by atoms with E-state index in [9.17, 15) is 9.90 Å². The molecule has 0 bridgehead atoms. The number of carbonyl (C=O) groups excluding carboxylic acids is 1. The van der Waals surface area contributed by atoms with Gasteiger partial charge >= 0.3 is 0 Å². The molecule has 4 heteroatoms. The Labute approximate surface area is 183 Å². The van der Waals surface area contributed by atoms with Crippen molar-refractivity contribution >= 4 is 14.0 Å². The van der Waals surface area contributed by atoms with Gasteiger partial charge in [-0.2, -0.15) is 0 Å². The molecule has 0 radical (unpaired) electrons. The van der Waals surface area contributed by atoms with E-state index in [1.54, 1.807) is 0 Å². The normalized spacial score (nSPS) is 18.4. The number of carbonyl (C=O) groups is 1. The van der Waals surface area contributed by atoms with Crippen molar-refractivity contribution in [2.45, 2.75) is 75.9 Å². The minimum Gasteiger partial charge on any atom is -0.378 e. The van der Waals surface area contributed by atoms with E-state index in [4.69, 9.17) is 0 Å². The first-order valence-corrected chi connectivity index (χ1v) is 15.0. The van der Waals surface area contributed by atoms with Crippen molar-refractivity contribution in [2.75, 3.05) is 6.54 Å². The Kier molecular flexibility index (Phi) is 7.20. The Bertz CT molecular complexity index is 776. The fourth-order valence-electron chi connectivity index (χ4n) is 4.94. The minimum atomic E-state index is -1.67. The Morgan fingerprint density at radius 1 is 1.07 bits per heavy atom. The van der Waals surface area contributed by atoms with Crippen molar-refractivity contribution in [3.63, 3.8) is 0 Å². The van der Waals surface area contributed by atoms with E-state index < -0.39 is 13.7 Å². The van der Waals surface area contributed by atoms with Gasteiger partial charge in [-0.25, -0.2) is 0 Å². The van der Waals surface area contributed by atoms with Crippen molar-refractivity contribution in [2.24, 2.45) is 0 Å². The average molecular weight is 424 g/mol. The zero-order valence-electron chi connectivity index (χ0n) is 19.0. The molecule has 3 rings (SSSR count). The third-order valence-corrected chi connectivity index (χ3v) is 9.26. The third-order valence-electron chi connectivity index (χ3n) is 6.64. The van der Waals surface area contributed by atoms with E-state index in [-0.39, 0.29) is 17.5 Å². The highest BCUT2D eigenvalue weighted by molar-refractivity contribution is 6.80. The maximum absolute atomic E-state index is 13.9. The van der Waals surface area contributed by atoms with E-state index in [1.807, 2.05) is 65.6 Å². The number of aliphatic hydroxyl groups is 1. The number of likely N-dealkylation sites (tertiary alicyclic amines) is 1. The summed E-state index contributed by atoms with van der Waals surface area (Å²) in [7, 11) is -1.67. The summed E-state index contributed by atoms with van der Waals surface area (Å²) in [5, 5.41) is 12.3. The molecular weight excluding hydrogens is 386 g/mol. The molecule has 30 heavy (non-hydrogen) atoms. The molecule has 0 unspecified atom stereocenters. The van der Waals surface area contributed by atoms with Gasteiger partial charge in [0.1, 0.15) is 5.60 Å². The summed E-state index contributed by atoms with van der Waals surface area (Å²) >= 11 is 0. The van der Waals surface area contributed by atoms with E-state index in [1.165, 1.54) is 0 Å². The van der Waals surface area contributed by atoms with Gasteiger partial charge in [0, 0.05) is 12.1 Å². The molecule has 0 saturated carbocycles. The molecule has 1 N–H and O–H groups in total. The summed E-state index contributed by atoms with van der Waals surface area (Å²) in [5.74, 6) is 0.260. The van der Waals surface area contributed by atoms with Crippen LogP contribution in [0.2, 0.25) is 25.2 Å². The summed E-state index contributed by atoms with van der Waals surface area (Å²) in [4.78, 5) is 15.9. The monoisotopic (exact) mass is 423 g/mol. The second kappa shape index (κ2) is 9.48. The Morgan fingerprint density at radius 2 is 1.60 bits per heavy atom. The molecular formula is C26H37NO2Si. The number of rotatable bonds is 8. The van der Waals surface area contributed by atoms with Crippen LogP contribution in [0.4, 0.5) is 0 Å². The van der Waals surface area contributed by atoms with Gasteiger partial charge < -0.3 is 10.0 Å². The number of hydrogen-bond donors (Lipinski definition) is 1. The predicted octanol–water partition coefficient (Wildman–Crippen LogP) is 5.81. The van der Waals surface area contributed by atoms with E-state index in [2.05, 4.69) is 26.6 Å². The van der Waals surface area contributed by atoms with Gasteiger partial charge in [0.05, 0.1) is 14.1 Å². The molecule has 3 nitrogen and oxygen atoms in total. The Balaban J connectivity index is 2.03. The maximum Gasteiger partial charge on any atom is 0.223 e. The lowest BCUT2D eigenvalue weighted by atomic mass is 9.79. The number of benzene rings is 2. The molecule has 1 aliphatic heterocycles. The van der Waals surface area contributed by atoms with Gasteiger partial charge in [-0.3, -0.25) is 4.79 Å². The first kappa shape index (κ1) is 22.8. The van der Waals surface area contributed by atoms with Gasteiger partial charge in [-0.15, -0.1) is 0 Å². The topological polar surface area (TPSA) is 40.5 Å². The van der Waals surface area contributed by atoms with Gasteiger partial charge in [0.25, 0.3) is 0 Å². The Hall–Kier alpha value is -1.91. The molecule has 2 aromatic carbocycles. The van der Waals surface area contributed by atoms with Crippen molar-refractivity contribution in [1.82, 2.24) is 4.90 Å². The Morgan fingerprint density at radius 3 is 2.07 bits per heavy atom. The lowest BCUT2D eigenvalue weighted by molar-refractivity contribution is -0.136. The molecule has 1 saturated heterocycles. The molecule has 1 heterocycles. The minimum absolute atomic E-state index is 0.105. The summed E-state index contributed by atoms with van der Waals surface area (Å²) < 4.78 is 0. The highest BCUT2D eigenvalue weighted by Crippen LogP contribution is 2.42. The van der Waals surface area contributed by atoms with Gasteiger partial charge in [-0.1, -0.05) is 100 Å². The smallest absolute Gasteiger partial charge is 0.223 e. The van der Waals surface area contributed by atoms with Gasteiger partial charge in [0.2, 0.25) is 5.91 Å². The summed E-state index contributed by atoms with van der Waals surface area (Å²) in [6.45, 7) is 9.83. The molecule has 1 amide bonds. The van der Waals surface area contributed by atoms with Crippen LogP contribution in [0.3, 0.4) is 0 Å². The van der Waals surface area contributed by atoms with E-state index in [0.29, 0.717) is 0 Å². The van der Waals surface area contributed by atoms with Crippen LogP contribution in [0.1, 0.15) is 50.2 Å². The van der Waals surface area contributed by atoms with Crippen molar-refractivity contribution in [3.8, 4) is 0 Å². The number of nitrogens with zero attached hydrogens (tertiary/aromatic N) is 1. The van der Waals surface area contributed by atoms with E-state index >= 15 is 0 Å². The fourth-order valence-corrected chi connectivity index (χ4v) is 6.91. The molecule has 0 aromatic heterocycles. The maximum atomic E-state index is 13.9. The predicted molar refractivity (Wildman–Crippen MR) is 127 cm³/mol. The molecule has 2 atom stereocenters. The van der Waals surface area contributed by atoms with Crippen LogP contribution < -0.4 is 0 Å². The van der Waals surface area contributed by atoms with Crippen LogP contribution in [0.15, 0.2) is 60.7 Å². The van der Waals surface area contributed by atoms with Gasteiger partial charge in [0.15, 0.2) is 0 Å². The van der Waals surface area contributed by atoms with Crippen LogP contribution in [-0.4, -0.2) is 36.6 Å². The lowest BCUT2D eigenvalue weighted by Gasteiger charge is -2.42. The first-order valence-electron chi connectivity index (χ1n) is 11.4. The number of hydrogen-bond acceptors (Lipinski definition) is 2. The summed E-state index contributed by atoms with van der Waals surface area (Å²) in [6, 6.07) is 19.5. The highest BCUT2D eigenvalue weighted by Gasteiger charge is 2.49. The van der Waals surface area contributed by atoms with Crippen molar-refractivity contribution < 1.29 is 9.90 Å². The average Bonchev–Trinajstić information content (AvgIpc) is 3.24. The second-order valence-corrected chi connectivity index (χ2v) is 15.2. The van der Waals surface area contributed by atoms with Crippen LogP contribution in [0.25, 0.3) is 0 Å². The van der Waals surface area contributed by atoms with E-state index in [0.717, 1.165) is 49.8 Å². The van der Waals surface area contributed by atoms with Crippen molar-refractivity contribution in [3.05, 3.63) is 71.8 Å². The number of unbranched alkanes of at least 4 members (excludes halogenated alkanes) is 1. The zero-order valence-corrected chi connectivity index (χ0v) is 20.0. The van der Waals surface area contributed by atoms with Crippen LogP contribution in [0.5, 0.6) is 0 Å². The SMILES string of the molecule is CCCC[C@@H](C(=O)N1CCC[C@H]1C(O)(c1ccccc1)c1ccccc1)[Si](C)(C)C. The molecule has 0 spiro atoms. The zero-order chi connectivity index (χ0) is 21.8. The highest BCUT2D eigenvalue weighted by atomic mass is 28.3.